The molecule has 1 aliphatic heterocycles. The molecule has 0 radical (unpaired) electrons. The summed E-state index contributed by atoms with van der Waals surface area (Å²) in [7, 11) is -1.38. The number of halogens is 3. The van der Waals surface area contributed by atoms with Gasteiger partial charge in [0, 0.05) is 51.8 Å². The minimum Gasteiger partial charge on any atom is -0.378 e. The van der Waals surface area contributed by atoms with Crippen molar-refractivity contribution in [2.24, 2.45) is 5.92 Å². The van der Waals surface area contributed by atoms with Crippen LogP contribution in [0.4, 0.5) is 24.0 Å². The van der Waals surface area contributed by atoms with E-state index in [4.69, 9.17) is 9.57 Å². The molecule has 0 aromatic carbocycles. The second-order valence-corrected chi connectivity index (χ2v) is 17.4. The largest absolute Gasteiger partial charge is 0.423 e. The van der Waals surface area contributed by atoms with Gasteiger partial charge in [-0.2, -0.15) is 18.3 Å². The molecule has 218 valence electrons. The van der Waals surface area contributed by atoms with E-state index >= 15 is 0 Å². The van der Waals surface area contributed by atoms with Crippen LogP contribution in [-0.2, 0) is 27.3 Å². The molecular formula is C24H37F3N6O4SSi. The van der Waals surface area contributed by atoms with Crippen LogP contribution in [0, 0.1) is 5.92 Å². The molecule has 2 N–H and O–H groups in total. The van der Waals surface area contributed by atoms with Gasteiger partial charge in [0.15, 0.2) is 5.13 Å². The first-order valence-corrected chi connectivity index (χ1v) is 17.5. The molecule has 10 nitrogen and oxygen atoms in total. The smallest absolute Gasteiger partial charge is 0.378 e. The average Bonchev–Trinajstić information content (AvgIpc) is 3.37. The summed E-state index contributed by atoms with van der Waals surface area (Å²) in [5.74, 6) is -0.0731. The van der Waals surface area contributed by atoms with Crippen LogP contribution in [0.25, 0.3) is 0 Å². The number of nitrogens with one attached hydrogen (secondary N) is 2. The molecule has 1 atom stereocenters. The van der Waals surface area contributed by atoms with Gasteiger partial charge >= 0.3 is 6.18 Å². The second-order valence-electron chi connectivity index (χ2n) is 10.9. The van der Waals surface area contributed by atoms with Crippen molar-refractivity contribution in [3.8, 4) is 0 Å². The van der Waals surface area contributed by atoms with Gasteiger partial charge in [-0.3, -0.25) is 14.4 Å². The highest BCUT2D eigenvalue weighted by Gasteiger charge is 2.38. The highest BCUT2D eigenvalue weighted by Crippen LogP contribution is 2.32. The normalized spacial score (nSPS) is 15.8. The van der Waals surface area contributed by atoms with E-state index in [9.17, 15) is 22.8 Å². The number of hydroxylamine groups is 1. The maximum atomic E-state index is 13.8. The summed E-state index contributed by atoms with van der Waals surface area (Å²) in [5.41, 5.74) is -0.733. The summed E-state index contributed by atoms with van der Waals surface area (Å²) in [6.07, 6.45) is -0.160. The molecule has 1 fully saturated rings. The number of alkyl halides is 3. The molecule has 1 saturated heterocycles. The minimum absolute atomic E-state index is 0.117. The fourth-order valence-corrected chi connectivity index (χ4v) is 5.51. The zero-order valence-electron chi connectivity index (χ0n) is 22.7. The van der Waals surface area contributed by atoms with E-state index in [0.29, 0.717) is 17.7 Å². The summed E-state index contributed by atoms with van der Waals surface area (Å²) in [4.78, 5) is 36.6. The van der Waals surface area contributed by atoms with Crippen LogP contribution < -0.4 is 21.3 Å². The van der Waals surface area contributed by atoms with Crippen LogP contribution in [0.15, 0.2) is 22.6 Å². The van der Waals surface area contributed by atoms with E-state index in [1.54, 1.807) is 24.5 Å². The lowest BCUT2D eigenvalue weighted by Gasteiger charge is -2.31. The molecular weight excluding hydrogens is 553 g/mol. The molecule has 1 amide bonds. The Balaban J connectivity index is 1.46. The van der Waals surface area contributed by atoms with Crippen molar-refractivity contribution < 1.29 is 27.5 Å². The van der Waals surface area contributed by atoms with Gasteiger partial charge in [-0.25, -0.2) is 15.1 Å². The Bertz CT molecular complexity index is 1120. The van der Waals surface area contributed by atoms with Gasteiger partial charge in [-0.15, -0.1) is 11.3 Å². The first kappa shape index (κ1) is 31.0. The number of carbonyl (C=O) groups is 1. The van der Waals surface area contributed by atoms with Gasteiger partial charge < -0.3 is 15.0 Å². The number of hydrogen-bond donors (Lipinski definition) is 2. The Labute approximate surface area is 230 Å². The zero-order chi connectivity index (χ0) is 28.6. The number of nitrogens with zero attached hydrogens (tertiary/aromatic N) is 4. The molecule has 0 aliphatic carbocycles. The number of aromatic nitrogens is 3. The molecule has 2 aromatic heterocycles. The average molecular weight is 591 g/mol. The Morgan fingerprint density at radius 1 is 1.28 bits per heavy atom. The number of thiazole rings is 1. The van der Waals surface area contributed by atoms with Gasteiger partial charge in [0.25, 0.3) is 5.56 Å². The van der Waals surface area contributed by atoms with E-state index in [1.165, 1.54) is 0 Å². The number of amides is 1. The van der Waals surface area contributed by atoms with Gasteiger partial charge in [0.1, 0.15) is 12.3 Å². The van der Waals surface area contributed by atoms with Crippen molar-refractivity contribution in [2.45, 2.75) is 70.8 Å². The topological polar surface area (TPSA) is 111 Å². The monoisotopic (exact) mass is 590 g/mol. The van der Waals surface area contributed by atoms with Crippen molar-refractivity contribution in [2.75, 3.05) is 36.5 Å². The number of rotatable bonds is 13. The summed E-state index contributed by atoms with van der Waals surface area (Å²) in [6, 6.07) is 0.159. The molecule has 3 heterocycles. The summed E-state index contributed by atoms with van der Waals surface area (Å²) in [6.45, 7) is 9.53. The summed E-state index contributed by atoms with van der Waals surface area (Å²) < 4.78 is 47.3. The number of anilines is 2. The molecule has 0 bridgehead atoms. The quantitative estimate of drug-likeness (QED) is 0.203. The second kappa shape index (κ2) is 13.7. The minimum atomic E-state index is -4.90. The van der Waals surface area contributed by atoms with Crippen LogP contribution in [0.3, 0.4) is 0 Å². The fourth-order valence-electron chi connectivity index (χ4n) is 4.05. The molecule has 0 unspecified atom stereocenters. The Kier molecular flexibility index (Phi) is 10.9. The van der Waals surface area contributed by atoms with E-state index in [0.717, 1.165) is 43.3 Å². The van der Waals surface area contributed by atoms with Crippen LogP contribution in [-0.4, -0.2) is 61.1 Å². The van der Waals surface area contributed by atoms with Gasteiger partial charge in [-0.1, -0.05) is 19.6 Å². The molecule has 39 heavy (non-hydrogen) atoms. The van der Waals surface area contributed by atoms with Crippen molar-refractivity contribution in [1.29, 1.82) is 0 Å². The van der Waals surface area contributed by atoms with Crippen LogP contribution in [0.1, 0.15) is 31.7 Å². The van der Waals surface area contributed by atoms with Crippen LogP contribution in [0.5, 0.6) is 0 Å². The van der Waals surface area contributed by atoms with Gasteiger partial charge in [-0.05, 0) is 31.7 Å². The third kappa shape index (κ3) is 9.88. The highest BCUT2D eigenvalue weighted by molar-refractivity contribution is 7.13. The van der Waals surface area contributed by atoms with E-state index in [-0.39, 0.29) is 25.2 Å². The summed E-state index contributed by atoms with van der Waals surface area (Å²) >= 11 is 1.59. The highest BCUT2D eigenvalue weighted by atomic mass is 32.1. The number of ether oxygens (including phenoxy) is 1. The first-order chi connectivity index (χ1) is 18.3. The number of hydrogen-bond acceptors (Lipinski definition) is 9. The SMILES string of the molecule is C[C@@H](CONC(=O)CC1CCN(c2nccs2)CC1)Nc1cnn(COCC[Si](C)(C)C)c(=O)c1C(F)(F)F. The predicted octanol–water partition coefficient (Wildman–Crippen LogP) is 4.19. The predicted molar refractivity (Wildman–Crippen MR) is 146 cm³/mol. The molecule has 2 aromatic rings. The van der Waals surface area contributed by atoms with Crippen molar-refractivity contribution in [3.05, 3.63) is 33.7 Å². The zero-order valence-corrected chi connectivity index (χ0v) is 24.5. The Morgan fingerprint density at radius 3 is 2.62 bits per heavy atom. The summed E-state index contributed by atoms with van der Waals surface area (Å²) in [5, 5.41) is 9.39. The third-order valence-corrected chi connectivity index (χ3v) is 8.77. The van der Waals surface area contributed by atoms with E-state index in [1.807, 2.05) is 5.38 Å². The van der Waals surface area contributed by atoms with Crippen LogP contribution in [0.2, 0.25) is 25.7 Å². The number of carbonyl (C=O) groups excluding carboxylic acids is 1. The lowest BCUT2D eigenvalue weighted by atomic mass is 9.93. The maximum Gasteiger partial charge on any atom is 0.423 e. The van der Waals surface area contributed by atoms with Crippen molar-refractivity contribution in [1.82, 2.24) is 20.2 Å². The molecule has 3 rings (SSSR count). The Morgan fingerprint density at radius 2 is 2.00 bits per heavy atom. The van der Waals surface area contributed by atoms with Crippen molar-refractivity contribution >= 4 is 36.1 Å². The molecule has 1 aliphatic rings. The fraction of sp³-hybridized carbons (Fsp3) is 0.667. The molecule has 15 heteroatoms. The Hall–Kier alpha value is -2.49. The van der Waals surface area contributed by atoms with E-state index < -0.39 is 37.1 Å². The number of piperidine rings is 1. The van der Waals surface area contributed by atoms with Gasteiger partial charge in [0.05, 0.1) is 18.5 Å². The van der Waals surface area contributed by atoms with Gasteiger partial charge in [0.2, 0.25) is 5.91 Å². The first-order valence-electron chi connectivity index (χ1n) is 12.9. The molecule has 0 saturated carbocycles. The van der Waals surface area contributed by atoms with Crippen molar-refractivity contribution in [3.63, 3.8) is 0 Å². The lowest BCUT2D eigenvalue weighted by molar-refractivity contribution is -0.138. The third-order valence-electron chi connectivity index (χ3n) is 6.24. The lowest BCUT2D eigenvalue weighted by Crippen LogP contribution is -2.37. The maximum absolute atomic E-state index is 13.8. The van der Waals surface area contributed by atoms with E-state index in [2.05, 4.69) is 45.4 Å². The molecule has 0 spiro atoms. The standard InChI is InChI=1S/C24H37F3N6O4SSi/c1-17(15-37-31-20(34)13-18-5-8-32(9-6-18)23-28-7-11-38-23)30-19-14-29-33(16-36-10-12-39(2,3)4)22(35)21(19)24(25,26)27/h7,11,14,17-18,30H,5-6,8-10,12-13,15-16H2,1-4H3,(H,31,34)/t17-/m0/s1. The van der Waals surface area contributed by atoms with Crippen LogP contribution >= 0.6 is 11.3 Å².